The predicted molar refractivity (Wildman–Crippen MR) is 65.3 cm³/mol. The quantitative estimate of drug-likeness (QED) is 0.738. The van der Waals surface area contributed by atoms with Crippen molar-refractivity contribution in [3.05, 3.63) is 35.6 Å². The van der Waals surface area contributed by atoms with Crippen LogP contribution in [0.2, 0.25) is 0 Å². The molecular weight excluding hydrogens is 219 g/mol. The third-order valence-electron chi connectivity index (χ3n) is 3.23. The fraction of sp³-hybridized carbons (Fsp3) is 0.538. The molecule has 17 heavy (non-hydrogen) atoms. The monoisotopic (exact) mass is 238 g/mol. The average molecular weight is 238 g/mol. The number of rotatable bonds is 4. The Morgan fingerprint density at radius 1 is 1.29 bits per heavy atom. The molecule has 0 aliphatic carbocycles. The molecule has 94 valence electrons. The molecule has 1 aromatic rings. The van der Waals surface area contributed by atoms with Crippen molar-refractivity contribution >= 4 is 0 Å². The highest BCUT2D eigenvalue weighted by Gasteiger charge is 2.18. The van der Waals surface area contributed by atoms with Crippen LogP contribution in [0.3, 0.4) is 0 Å². The smallest absolute Gasteiger partial charge is 0.123 e. The summed E-state index contributed by atoms with van der Waals surface area (Å²) in [7, 11) is 0. The molecule has 0 bridgehead atoms. The SMILES string of the molecule is OC[C@H](NC1CCNCC1)c1ccc(F)cc1. The van der Waals surface area contributed by atoms with E-state index in [2.05, 4.69) is 10.6 Å². The number of halogens is 1. The van der Waals surface area contributed by atoms with E-state index in [4.69, 9.17) is 0 Å². The fourth-order valence-electron chi connectivity index (χ4n) is 2.22. The first-order chi connectivity index (χ1) is 8.29. The van der Waals surface area contributed by atoms with Gasteiger partial charge < -0.3 is 15.7 Å². The lowest BCUT2D eigenvalue weighted by atomic mass is 10.0. The second-order valence-corrected chi connectivity index (χ2v) is 4.48. The van der Waals surface area contributed by atoms with Crippen molar-refractivity contribution in [2.45, 2.75) is 24.9 Å². The Morgan fingerprint density at radius 2 is 1.94 bits per heavy atom. The van der Waals surface area contributed by atoms with Crippen LogP contribution in [0.4, 0.5) is 4.39 Å². The lowest BCUT2D eigenvalue weighted by Crippen LogP contribution is -2.42. The van der Waals surface area contributed by atoms with Gasteiger partial charge in [0.1, 0.15) is 5.82 Å². The first-order valence-corrected chi connectivity index (χ1v) is 6.12. The van der Waals surface area contributed by atoms with Gasteiger partial charge >= 0.3 is 0 Å². The van der Waals surface area contributed by atoms with Gasteiger partial charge in [-0.25, -0.2) is 4.39 Å². The molecule has 0 saturated carbocycles. The van der Waals surface area contributed by atoms with Gasteiger partial charge in [-0.1, -0.05) is 12.1 Å². The Balaban J connectivity index is 1.97. The van der Waals surface area contributed by atoms with Crippen molar-refractivity contribution < 1.29 is 9.50 Å². The number of aliphatic hydroxyl groups excluding tert-OH is 1. The van der Waals surface area contributed by atoms with Gasteiger partial charge in [-0.15, -0.1) is 0 Å². The molecule has 1 aromatic carbocycles. The van der Waals surface area contributed by atoms with Crippen molar-refractivity contribution in [1.29, 1.82) is 0 Å². The highest BCUT2D eigenvalue weighted by Crippen LogP contribution is 2.16. The van der Waals surface area contributed by atoms with Gasteiger partial charge in [0.15, 0.2) is 0 Å². The minimum atomic E-state index is -0.243. The predicted octanol–water partition coefficient (Wildman–Crippen LogP) is 1.20. The van der Waals surface area contributed by atoms with Gasteiger partial charge in [0.2, 0.25) is 0 Å². The molecule has 0 amide bonds. The summed E-state index contributed by atoms with van der Waals surface area (Å²) in [6.07, 6.45) is 2.13. The molecular formula is C13H19FN2O. The van der Waals surface area contributed by atoms with E-state index in [1.807, 2.05) is 0 Å². The fourth-order valence-corrected chi connectivity index (χ4v) is 2.22. The molecule has 0 aromatic heterocycles. The van der Waals surface area contributed by atoms with Crippen LogP contribution < -0.4 is 10.6 Å². The number of hydrogen-bond acceptors (Lipinski definition) is 3. The molecule has 1 fully saturated rings. The molecule has 1 aliphatic rings. The molecule has 0 radical (unpaired) electrons. The normalized spacial score (nSPS) is 19.2. The van der Waals surface area contributed by atoms with Crippen LogP contribution in [0.1, 0.15) is 24.4 Å². The zero-order chi connectivity index (χ0) is 12.1. The van der Waals surface area contributed by atoms with Crippen LogP contribution in [0, 0.1) is 5.82 Å². The number of nitrogens with one attached hydrogen (secondary N) is 2. The lowest BCUT2D eigenvalue weighted by molar-refractivity contribution is 0.222. The molecule has 2 rings (SSSR count). The van der Waals surface area contributed by atoms with E-state index in [1.54, 1.807) is 12.1 Å². The third-order valence-corrected chi connectivity index (χ3v) is 3.23. The molecule has 0 unspecified atom stereocenters. The van der Waals surface area contributed by atoms with Gasteiger partial charge in [-0.05, 0) is 43.6 Å². The third kappa shape index (κ3) is 3.49. The number of hydrogen-bond donors (Lipinski definition) is 3. The molecule has 1 aliphatic heterocycles. The molecule has 4 heteroatoms. The summed E-state index contributed by atoms with van der Waals surface area (Å²) >= 11 is 0. The molecule has 1 heterocycles. The van der Waals surface area contributed by atoms with E-state index in [0.29, 0.717) is 6.04 Å². The summed E-state index contributed by atoms with van der Waals surface area (Å²) in [6, 6.07) is 6.65. The minimum Gasteiger partial charge on any atom is -0.394 e. The maximum Gasteiger partial charge on any atom is 0.123 e. The Hall–Kier alpha value is -0.970. The van der Waals surface area contributed by atoms with Crippen molar-refractivity contribution in [3.8, 4) is 0 Å². The molecule has 1 atom stereocenters. The first-order valence-electron chi connectivity index (χ1n) is 6.12. The van der Waals surface area contributed by atoms with Crippen LogP contribution >= 0.6 is 0 Å². The van der Waals surface area contributed by atoms with Crippen LogP contribution in [0.5, 0.6) is 0 Å². The maximum atomic E-state index is 12.8. The van der Waals surface area contributed by atoms with E-state index < -0.39 is 0 Å². The summed E-state index contributed by atoms with van der Waals surface area (Å²) in [5, 5.41) is 16.1. The van der Waals surface area contributed by atoms with Crippen molar-refractivity contribution in [2.24, 2.45) is 0 Å². The number of piperidine rings is 1. The second-order valence-electron chi connectivity index (χ2n) is 4.48. The van der Waals surface area contributed by atoms with Crippen LogP contribution in [-0.2, 0) is 0 Å². The second kappa shape index (κ2) is 6.10. The first kappa shape index (κ1) is 12.5. The zero-order valence-electron chi connectivity index (χ0n) is 9.82. The van der Waals surface area contributed by atoms with Crippen molar-refractivity contribution in [2.75, 3.05) is 19.7 Å². The van der Waals surface area contributed by atoms with E-state index >= 15 is 0 Å². The van der Waals surface area contributed by atoms with Crippen molar-refractivity contribution in [3.63, 3.8) is 0 Å². The summed E-state index contributed by atoms with van der Waals surface area (Å²) in [6.45, 7) is 2.06. The Bertz CT molecular complexity index is 336. The highest BCUT2D eigenvalue weighted by molar-refractivity contribution is 5.20. The van der Waals surface area contributed by atoms with Gasteiger partial charge in [-0.3, -0.25) is 0 Å². The molecule has 3 N–H and O–H groups in total. The Labute approximate surface area is 101 Å². The topological polar surface area (TPSA) is 44.3 Å². The van der Waals surface area contributed by atoms with E-state index in [9.17, 15) is 9.50 Å². The van der Waals surface area contributed by atoms with E-state index in [0.717, 1.165) is 31.5 Å². The minimum absolute atomic E-state index is 0.0373. The molecule has 1 saturated heterocycles. The summed E-state index contributed by atoms with van der Waals surface area (Å²) < 4.78 is 12.8. The average Bonchev–Trinajstić information content (AvgIpc) is 2.38. The zero-order valence-corrected chi connectivity index (χ0v) is 9.82. The largest absolute Gasteiger partial charge is 0.394 e. The molecule has 0 spiro atoms. The van der Waals surface area contributed by atoms with Gasteiger partial charge in [0, 0.05) is 6.04 Å². The standard InChI is InChI=1S/C13H19FN2O/c14-11-3-1-10(2-4-11)13(9-17)16-12-5-7-15-8-6-12/h1-4,12-13,15-17H,5-9H2/t13-/m0/s1. The Morgan fingerprint density at radius 3 is 2.53 bits per heavy atom. The molecule has 3 nitrogen and oxygen atoms in total. The van der Waals surface area contributed by atoms with Crippen LogP contribution in [0.25, 0.3) is 0 Å². The number of aliphatic hydroxyl groups is 1. The Kier molecular flexibility index (Phi) is 4.48. The summed E-state index contributed by atoms with van der Waals surface area (Å²) in [4.78, 5) is 0. The van der Waals surface area contributed by atoms with Gasteiger partial charge in [-0.2, -0.15) is 0 Å². The lowest BCUT2D eigenvalue weighted by Gasteiger charge is -2.28. The van der Waals surface area contributed by atoms with E-state index in [1.165, 1.54) is 12.1 Å². The van der Waals surface area contributed by atoms with Crippen LogP contribution in [-0.4, -0.2) is 30.8 Å². The van der Waals surface area contributed by atoms with Gasteiger partial charge in [0.25, 0.3) is 0 Å². The van der Waals surface area contributed by atoms with Gasteiger partial charge in [0.05, 0.1) is 12.6 Å². The van der Waals surface area contributed by atoms with Crippen molar-refractivity contribution in [1.82, 2.24) is 10.6 Å². The van der Waals surface area contributed by atoms with Crippen LogP contribution in [0.15, 0.2) is 24.3 Å². The highest BCUT2D eigenvalue weighted by atomic mass is 19.1. The number of benzene rings is 1. The maximum absolute atomic E-state index is 12.8. The van der Waals surface area contributed by atoms with E-state index in [-0.39, 0.29) is 18.5 Å². The summed E-state index contributed by atoms with van der Waals surface area (Å²) in [5.41, 5.74) is 0.937. The summed E-state index contributed by atoms with van der Waals surface area (Å²) in [5.74, 6) is -0.243.